The summed E-state index contributed by atoms with van der Waals surface area (Å²) >= 11 is 5.96. The fraction of sp³-hybridized carbons (Fsp3) is 0.500. The summed E-state index contributed by atoms with van der Waals surface area (Å²) in [5.41, 5.74) is 1.31. The summed E-state index contributed by atoms with van der Waals surface area (Å²) in [5.74, 6) is 1.02. The minimum Gasteiger partial charge on any atom is -0.486 e. The van der Waals surface area contributed by atoms with Gasteiger partial charge in [-0.2, -0.15) is 0 Å². The van der Waals surface area contributed by atoms with Crippen molar-refractivity contribution >= 4 is 11.6 Å². The van der Waals surface area contributed by atoms with Gasteiger partial charge >= 0.3 is 0 Å². The second kappa shape index (κ2) is 3.39. The molecule has 0 aliphatic carbocycles. The van der Waals surface area contributed by atoms with Gasteiger partial charge in [0.25, 0.3) is 0 Å². The summed E-state index contributed by atoms with van der Waals surface area (Å²) in [4.78, 5) is 0. The molecule has 3 rings (SSSR count). The number of hydrogen-bond acceptors (Lipinski definition) is 2. The van der Waals surface area contributed by atoms with E-state index in [0.717, 1.165) is 43.1 Å². The molecule has 1 saturated heterocycles. The highest BCUT2D eigenvalue weighted by Gasteiger charge is 2.38. The molecule has 1 spiro atoms. The van der Waals surface area contributed by atoms with Crippen LogP contribution in [0.25, 0.3) is 0 Å². The van der Waals surface area contributed by atoms with Crippen molar-refractivity contribution in [2.45, 2.75) is 24.9 Å². The summed E-state index contributed by atoms with van der Waals surface area (Å²) in [7, 11) is 0. The van der Waals surface area contributed by atoms with E-state index in [2.05, 4.69) is 5.32 Å². The van der Waals surface area contributed by atoms with Crippen molar-refractivity contribution in [3.63, 3.8) is 0 Å². The molecule has 1 N–H and O–H groups in total. The molecular weight excluding hydrogens is 210 g/mol. The van der Waals surface area contributed by atoms with Crippen molar-refractivity contribution in [1.82, 2.24) is 5.32 Å². The summed E-state index contributed by atoms with van der Waals surface area (Å²) in [6.07, 6.45) is 3.31. The molecule has 2 aliphatic rings. The Morgan fingerprint density at radius 3 is 3.07 bits per heavy atom. The molecule has 0 bridgehead atoms. The SMILES string of the molecule is Clc1ccc2c(c1)CCC1(CCNC1)O2. The van der Waals surface area contributed by atoms with Crippen LogP contribution in [0.15, 0.2) is 18.2 Å². The highest BCUT2D eigenvalue weighted by atomic mass is 35.5. The van der Waals surface area contributed by atoms with Gasteiger partial charge < -0.3 is 10.1 Å². The van der Waals surface area contributed by atoms with Gasteiger partial charge in [-0.3, -0.25) is 0 Å². The number of rotatable bonds is 0. The number of aryl methyl sites for hydroxylation is 1. The number of ether oxygens (including phenoxy) is 1. The Morgan fingerprint density at radius 1 is 1.33 bits per heavy atom. The fourth-order valence-corrected chi connectivity index (χ4v) is 2.71. The first-order valence-corrected chi connectivity index (χ1v) is 5.83. The van der Waals surface area contributed by atoms with Crippen LogP contribution in [0.4, 0.5) is 0 Å². The first-order valence-electron chi connectivity index (χ1n) is 5.46. The number of fused-ring (bicyclic) bond motifs is 1. The molecule has 0 aromatic heterocycles. The maximum Gasteiger partial charge on any atom is 0.123 e. The molecule has 1 unspecified atom stereocenters. The fourth-order valence-electron chi connectivity index (χ4n) is 2.51. The summed E-state index contributed by atoms with van der Waals surface area (Å²) in [6, 6.07) is 5.92. The Kier molecular flexibility index (Phi) is 2.15. The molecular formula is C12H14ClNO. The Labute approximate surface area is 94.6 Å². The normalized spacial score (nSPS) is 28.9. The van der Waals surface area contributed by atoms with Gasteiger partial charge in [-0.05, 0) is 43.1 Å². The number of halogens is 1. The zero-order valence-electron chi connectivity index (χ0n) is 8.55. The maximum atomic E-state index is 6.11. The van der Waals surface area contributed by atoms with E-state index in [0.29, 0.717) is 0 Å². The molecule has 15 heavy (non-hydrogen) atoms. The lowest BCUT2D eigenvalue weighted by atomic mass is 9.90. The molecule has 2 nitrogen and oxygen atoms in total. The lowest BCUT2D eigenvalue weighted by Crippen LogP contribution is -2.41. The summed E-state index contributed by atoms with van der Waals surface area (Å²) in [6.45, 7) is 2.05. The van der Waals surface area contributed by atoms with Crippen molar-refractivity contribution in [3.8, 4) is 5.75 Å². The number of nitrogens with one attached hydrogen (secondary N) is 1. The van der Waals surface area contributed by atoms with Crippen LogP contribution < -0.4 is 10.1 Å². The predicted molar refractivity (Wildman–Crippen MR) is 60.6 cm³/mol. The topological polar surface area (TPSA) is 21.3 Å². The van der Waals surface area contributed by atoms with Crippen LogP contribution in [0.1, 0.15) is 18.4 Å². The third-order valence-electron chi connectivity index (χ3n) is 3.40. The Bertz CT molecular complexity index is 385. The standard InChI is InChI=1S/C12H14ClNO/c13-10-1-2-11-9(7-10)3-4-12(15-11)5-6-14-8-12/h1-2,7,14H,3-6,8H2. The van der Waals surface area contributed by atoms with E-state index in [4.69, 9.17) is 16.3 Å². The first-order chi connectivity index (χ1) is 7.27. The van der Waals surface area contributed by atoms with Crippen molar-refractivity contribution in [3.05, 3.63) is 28.8 Å². The van der Waals surface area contributed by atoms with Crippen LogP contribution in [-0.2, 0) is 6.42 Å². The van der Waals surface area contributed by atoms with Gasteiger partial charge in [0.05, 0.1) is 0 Å². The van der Waals surface area contributed by atoms with Crippen LogP contribution in [0.3, 0.4) is 0 Å². The molecule has 80 valence electrons. The molecule has 0 saturated carbocycles. The van der Waals surface area contributed by atoms with Gasteiger partial charge in [0.15, 0.2) is 0 Å². The van der Waals surface area contributed by atoms with Gasteiger partial charge in [0.2, 0.25) is 0 Å². The molecule has 2 aliphatic heterocycles. The Hall–Kier alpha value is -0.730. The summed E-state index contributed by atoms with van der Waals surface area (Å²) < 4.78 is 6.11. The van der Waals surface area contributed by atoms with Gasteiger partial charge in [-0.25, -0.2) is 0 Å². The van der Waals surface area contributed by atoms with E-state index < -0.39 is 0 Å². The van der Waals surface area contributed by atoms with Gasteiger partial charge in [0, 0.05) is 18.0 Å². The average molecular weight is 224 g/mol. The van der Waals surface area contributed by atoms with Crippen LogP contribution in [0.5, 0.6) is 5.75 Å². The van der Waals surface area contributed by atoms with E-state index in [-0.39, 0.29) is 5.60 Å². The first kappa shape index (κ1) is 9.49. The van der Waals surface area contributed by atoms with Crippen LogP contribution in [-0.4, -0.2) is 18.7 Å². The molecule has 0 radical (unpaired) electrons. The molecule has 0 amide bonds. The molecule has 3 heteroatoms. The lowest BCUT2D eigenvalue weighted by molar-refractivity contribution is 0.0665. The zero-order valence-corrected chi connectivity index (χ0v) is 9.31. The average Bonchev–Trinajstić information content (AvgIpc) is 2.67. The third kappa shape index (κ3) is 1.62. The quantitative estimate of drug-likeness (QED) is 0.729. The smallest absolute Gasteiger partial charge is 0.123 e. The van der Waals surface area contributed by atoms with Crippen LogP contribution in [0.2, 0.25) is 5.02 Å². The zero-order chi connectivity index (χ0) is 10.3. The maximum absolute atomic E-state index is 6.11. The van der Waals surface area contributed by atoms with Crippen molar-refractivity contribution in [1.29, 1.82) is 0 Å². The van der Waals surface area contributed by atoms with Gasteiger partial charge in [-0.1, -0.05) is 11.6 Å². The van der Waals surface area contributed by atoms with E-state index in [1.54, 1.807) is 0 Å². The van der Waals surface area contributed by atoms with Gasteiger partial charge in [0.1, 0.15) is 11.4 Å². The van der Waals surface area contributed by atoms with Crippen LogP contribution in [0, 0.1) is 0 Å². The van der Waals surface area contributed by atoms with Crippen molar-refractivity contribution in [2.24, 2.45) is 0 Å². The molecule has 1 aromatic rings. The van der Waals surface area contributed by atoms with E-state index in [9.17, 15) is 0 Å². The number of hydrogen-bond donors (Lipinski definition) is 1. The molecule has 1 fully saturated rings. The monoisotopic (exact) mass is 223 g/mol. The Morgan fingerprint density at radius 2 is 2.27 bits per heavy atom. The largest absolute Gasteiger partial charge is 0.486 e. The molecule has 1 atom stereocenters. The second-order valence-electron chi connectivity index (χ2n) is 4.46. The minimum atomic E-state index is 0.0564. The van der Waals surface area contributed by atoms with Gasteiger partial charge in [-0.15, -0.1) is 0 Å². The van der Waals surface area contributed by atoms with E-state index >= 15 is 0 Å². The second-order valence-corrected chi connectivity index (χ2v) is 4.90. The van der Waals surface area contributed by atoms with Crippen molar-refractivity contribution in [2.75, 3.05) is 13.1 Å². The highest BCUT2D eigenvalue weighted by molar-refractivity contribution is 6.30. The minimum absolute atomic E-state index is 0.0564. The molecule has 1 aromatic carbocycles. The molecule has 2 heterocycles. The van der Waals surface area contributed by atoms with Crippen LogP contribution >= 0.6 is 11.6 Å². The lowest BCUT2D eigenvalue weighted by Gasteiger charge is -2.35. The van der Waals surface area contributed by atoms with Crippen molar-refractivity contribution < 1.29 is 4.74 Å². The number of benzene rings is 1. The Balaban J connectivity index is 1.93. The highest BCUT2D eigenvalue weighted by Crippen LogP contribution is 2.37. The summed E-state index contributed by atoms with van der Waals surface area (Å²) in [5, 5.41) is 4.18. The predicted octanol–water partition coefficient (Wildman–Crippen LogP) is 2.40. The third-order valence-corrected chi connectivity index (χ3v) is 3.64. The van der Waals surface area contributed by atoms with E-state index in [1.807, 2.05) is 18.2 Å². The van der Waals surface area contributed by atoms with E-state index in [1.165, 1.54) is 5.56 Å².